The van der Waals surface area contributed by atoms with Crippen LogP contribution >= 0.6 is 22.6 Å². The topological polar surface area (TPSA) is 85.4 Å². The second-order valence-corrected chi connectivity index (χ2v) is 8.88. The van der Waals surface area contributed by atoms with E-state index in [0.717, 1.165) is 41.1 Å². The standard InChI is InChI=1S/C24H26IN7O/c1-3-22(33)28-20-6-4-5-7-21(20)29-23-19(25)16-26-24(30-23)27-17-8-10-18(11-9-17)32-14-12-31(2)13-15-32/h3-11,16H,1,12-15H2,2H3,(H,28,33)(H2,26,27,29,30). The summed E-state index contributed by atoms with van der Waals surface area (Å²) in [7, 11) is 2.16. The number of carbonyl (C=O) groups is 1. The van der Waals surface area contributed by atoms with Crippen molar-refractivity contribution in [2.24, 2.45) is 0 Å². The molecule has 8 nitrogen and oxygen atoms in total. The predicted octanol–water partition coefficient (Wildman–Crippen LogP) is 4.44. The number of piperazine rings is 1. The van der Waals surface area contributed by atoms with Gasteiger partial charge in [0.2, 0.25) is 11.9 Å². The Bertz CT molecular complexity index is 1130. The van der Waals surface area contributed by atoms with Crippen LogP contribution in [0.4, 0.5) is 34.5 Å². The van der Waals surface area contributed by atoms with Crippen molar-refractivity contribution >= 4 is 63.0 Å². The molecule has 9 heteroatoms. The predicted molar refractivity (Wildman–Crippen MR) is 143 cm³/mol. The summed E-state index contributed by atoms with van der Waals surface area (Å²) in [6.45, 7) is 7.73. The van der Waals surface area contributed by atoms with Crippen molar-refractivity contribution in [2.75, 3.05) is 54.1 Å². The Morgan fingerprint density at radius 2 is 1.73 bits per heavy atom. The van der Waals surface area contributed by atoms with Crippen molar-refractivity contribution in [3.05, 3.63) is 71.0 Å². The first-order chi connectivity index (χ1) is 16.0. The van der Waals surface area contributed by atoms with Crippen LogP contribution in [0.25, 0.3) is 0 Å². The third kappa shape index (κ3) is 5.99. The number of aromatic nitrogens is 2. The van der Waals surface area contributed by atoms with Gasteiger partial charge in [-0.05, 0) is 72.1 Å². The fourth-order valence-corrected chi connectivity index (χ4v) is 3.87. The largest absolute Gasteiger partial charge is 0.369 e. The Morgan fingerprint density at radius 3 is 2.42 bits per heavy atom. The van der Waals surface area contributed by atoms with Crippen LogP contribution in [0.15, 0.2) is 67.4 Å². The monoisotopic (exact) mass is 555 g/mol. The quantitative estimate of drug-likeness (QED) is 0.294. The van der Waals surface area contributed by atoms with E-state index in [1.54, 1.807) is 6.20 Å². The first-order valence-electron chi connectivity index (χ1n) is 10.6. The van der Waals surface area contributed by atoms with Gasteiger partial charge >= 0.3 is 0 Å². The van der Waals surface area contributed by atoms with Crippen molar-refractivity contribution in [3.8, 4) is 0 Å². The Morgan fingerprint density at radius 1 is 1.03 bits per heavy atom. The van der Waals surface area contributed by atoms with Crippen LogP contribution in [0.3, 0.4) is 0 Å². The van der Waals surface area contributed by atoms with Crippen LogP contribution in [0.5, 0.6) is 0 Å². The molecule has 1 amide bonds. The minimum absolute atomic E-state index is 0.274. The minimum Gasteiger partial charge on any atom is -0.369 e. The van der Waals surface area contributed by atoms with Gasteiger partial charge in [0.15, 0.2) is 0 Å². The molecule has 1 fully saturated rings. The molecule has 0 spiro atoms. The van der Waals surface area contributed by atoms with Gasteiger partial charge < -0.3 is 25.8 Å². The smallest absolute Gasteiger partial charge is 0.247 e. The third-order valence-electron chi connectivity index (χ3n) is 5.36. The van der Waals surface area contributed by atoms with Crippen LogP contribution in [0, 0.1) is 3.57 Å². The summed E-state index contributed by atoms with van der Waals surface area (Å²) in [6, 6.07) is 15.8. The van der Waals surface area contributed by atoms with Crippen LogP contribution in [-0.2, 0) is 4.79 Å². The lowest BCUT2D eigenvalue weighted by Gasteiger charge is -2.34. The summed E-state index contributed by atoms with van der Waals surface area (Å²) in [5.41, 5.74) is 3.51. The highest BCUT2D eigenvalue weighted by molar-refractivity contribution is 14.1. The maximum absolute atomic E-state index is 11.8. The Labute approximate surface area is 207 Å². The van der Waals surface area contributed by atoms with Gasteiger partial charge in [-0.15, -0.1) is 0 Å². The van der Waals surface area contributed by atoms with E-state index >= 15 is 0 Å². The molecule has 4 rings (SSSR count). The molecule has 3 N–H and O–H groups in total. The average molecular weight is 555 g/mol. The highest BCUT2D eigenvalue weighted by Gasteiger charge is 2.14. The number of anilines is 6. The Kier molecular flexibility index (Phi) is 7.40. The Hall–Kier alpha value is -3.18. The van der Waals surface area contributed by atoms with Crippen LogP contribution in [-0.4, -0.2) is 54.0 Å². The fraction of sp³-hybridized carbons (Fsp3) is 0.208. The molecule has 0 saturated carbocycles. The second-order valence-electron chi connectivity index (χ2n) is 7.72. The molecule has 1 saturated heterocycles. The van der Waals surface area contributed by atoms with Gasteiger partial charge in [0.1, 0.15) is 5.82 Å². The zero-order chi connectivity index (χ0) is 23.2. The van der Waals surface area contributed by atoms with E-state index in [2.05, 4.69) is 84.1 Å². The van der Waals surface area contributed by atoms with Crippen molar-refractivity contribution in [1.82, 2.24) is 14.9 Å². The second kappa shape index (κ2) is 10.6. The van der Waals surface area contributed by atoms with Gasteiger partial charge in [-0.3, -0.25) is 4.79 Å². The van der Waals surface area contributed by atoms with Gasteiger partial charge in [0.25, 0.3) is 0 Å². The SMILES string of the molecule is C=CC(=O)Nc1ccccc1Nc1nc(Nc2ccc(N3CCN(C)CC3)cc2)ncc1I. The number of carbonyl (C=O) groups excluding carboxylic acids is 1. The van der Waals surface area contributed by atoms with E-state index in [0.29, 0.717) is 17.5 Å². The molecule has 0 aliphatic carbocycles. The highest BCUT2D eigenvalue weighted by atomic mass is 127. The normalized spacial score (nSPS) is 13.9. The highest BCUT2D eigenvalue weighted by Crippen LogP contribution is 2.28. The van der Waals surface area contributed by atoms with E-state index in [1.165, 1.54) is 11.8 Å². The van der Waals surface area contributed by atoms with Gasteiger partial charge in [-0.25, -0.2) is 4.98 Å². The molecule has 1 aliphatic heterocycles. The molecule has 0 atom stereocenters. The van der Waals surface area contributed by atoms with Crippen molar-refractivity contribution in [2.45, 2.75) is 0 Å². The summed E-state index contributed by atoms with van der Waals surface area (Å²) in [4.78, 5) is 25.5. The van der Waals surface area contributed by atoms with E-state index in [-0.39, 0.29) is 5.91 Å². The third-order valence-corrected chi connectivity index (χ3v) is 6.15. The van der Waals surface area contributed by atoms with Gasteiger partial charge in [-0.2, -0.15) is 4.98 Å². The first-order valence-corrected chi connectivity index (χ1v) is 11.7. The zero-order valence-corrected chi connectivity index (χ0v) is 20.5. The molecule has 1 aliphatic rings. The van der Waals surface area contributed by atoms with E-state index in [9.17, 15) is 4.79 Å². The van der Waals surface area contributed by atoms with Crippen LogP contribution in [0.2, 0.25) is 0 Å². The number of likely N-dealkylation sites (N-methyl/N-ethyl adjacent to an activating group) is 1. The van der Waals surface area contributed by atoms with Gasteiger partial charge in [-0.1, -0.05) is 18.7 Å². The van der Waals surface area contributed by atoms with Gasteiger partial charge in [0.05, 0.1) is 14.9 Å². The number of amides is 1. The Balaban J connectivity index is 1.47. The summed E-state index contributed by atoms with van der Waals surface area (Å²) in [5.74, 6) is 0.851. The summed E-state index contributed by atoms with van der Waals surface area (Å²) in [6.07, 6.45) is 2.99. The van der Waals surface area contributed by atoms with E-state index < -0.39 is 0 Å². The lowest BCUT2D eigenvalue weighted by atomic mass is 10.2. The number of para-hydroxylation sites is 2. The van der Waals surface area contributed by atoms with Crippen LogP contribution < -0.4 is 20.9 Å². The first kappa shape index (κ1) is 23.0. The molecule has 0 bridgehead atoms. The molecule has 170 valence electrons. The molecule has 2 aromatic carbocycles. The van der Waals surface area contributed by atoms with E-state index in [1.807, 2.05) is 36.4 Å². The summed E-state index contributed by atoms with van der Waals surface area (Å²) in [5, 5.41) is 9.37. The number of hydrogen-bond donors (Lipinski definition) is 3. The zero-order valence-electron chi connectivity index (χ0n) is 18.4. The number of benzene rings is 2. The van der Waals surface area contributed by atoms with Crippen molar-refractivity contribution in [3.63, 3.8) is 0 Å². The lowest BCUT2D eigenvalue weighted by Crippen LogP contribution is -2.44. The molecule has 0 radical (unpaired) electrons. The molecular weight excluding hydrogens is 529 g/mol. The number of rotatable bonds is 7. The maximum atomic E-state index is 11.8. The van der Waals surface area contributed by atoms with Crippen LogP contribution in [0.1, 0.15) is 0 Å². The molecule has 1 aromatic heterocycles. The van der Waals surface area contributed by atoms with Crippen molar-refractivity contribution in [1.29, 1.82) is 0 Å². The number of hydrogen-bond acceptors (Lipinski definition) is 7. The average Bonchev–Trinajstić information content (AvgIpc) is 2.83. The summed E-state index contributed by atoms with van der Waals surface area (Å²) < 4.78 is 0.855. The molecule has 0 unspecified atom stereocenters. The van der Waals surface area contributed by atoms with E-state index in [4.69, 9.17) is 0 Å². The number of halogens is 1. The molecular formula is C24H26IN7O. The fourth-order valence-electron chi connectivity index (χ4n) is 3.48. The van der Waals surface area contributed by atoms with Gasteiger partial charge in [0, 0.05) is 43.8 Å². The number of nitrogens with one attached hydrogen (secondary N) is 3. The minimum atomic E-state index is -0.274. The number of nitrogens with zero attached hydrogens (tertiary/aromatic N) is 4. The lowest BCUT2D eigenvalue weighted by molar-refractivity contribution is -0.111. The maximum Gasteiger partial charge on any atom is 0.247 e. The van der Waals surface area contributed by atoms with Crippen molar-refractivity contribution < 1.29 is 4.79 Å². The summed E-state index contributed by atoms with van der Waals surface area (Å²) >= 11 is 2.18. The molecule has 3 aromatic rings. The molecule has 33 heavy (non-hydrogen) atoms. The molecule has 2 heterocycles.